The van der Waals surface area contributed by atoms with Gasteiger partial charge < -0.3 is 5.73 Å². The quantitative estimate of drug-likeness (QED) is 0.911. The second-order valence-corrected chi connectivity index (χ2v) is 6.92. The molecule has 3 rings (SSSR count). The number of nitrogens with zero attached hydrogens (tertiary/aromatic N) is 1. The number of hydrogen-bond acceptors (Lipinski definition) is 2. The standard InChI is InChI=1S/C18H28N2/c1-13-9-14(2)11-16(10-13)17(19)12-20-8-4-6-15-5-3-7-18(15)20/h9-11,15,17-18H,3-8,12,19H2,1-2H3. The lowest BCUT2D eigenvalue weighted by molar-refractivity contribution is 0.106. The summed E-state index contributed by atoms with van der Waals surface area (Å²) in [6.07, 6.45) is 7.06. The Bertz CT molecular complexity index is 448. The van der Waals surface area contributed by atoms with Crippen molar-refractivity contribution < 1.29 is 0 Å². The van der Waals surface area contributed by atoms with E-state index in [2.05, 4.69) is 36.9 Å². The van der Waals surface area contributed by atoms with Crippen molar-refractivity contribution in [3.05, 3.63) is 34.9 Å². The minimum atomic E-state index is 0.160. The summed E-state index contributed by atoms with van der Waals surface area (Å²) in [6, 6.07) is 7.72. The zero-order valence-corrected chi connectivity index (χ0v) is 12.9. The number of hydrogen-bond donors (Lipinski definition) is 1. The lowest BCUT2D eigenvalue weighted by Crippen LogP contribution is -2.45. The van der Waals surface area contributed by atoms with Crippen LogP contribution in [0.1, 0.15) is 54.8 Å². The Labute approximate surface area is 123 Å². The Balaban J connectivity index is 1.70. The summed E-state index contributed by atoms with van der Waals surface area (Å²) in [7, 11) is 0. The van der Waals surface area contributed by atoms with Crippen molar-refractivity contribution in [1.29, 1.82) is 0 Å². The molecule has 0 aromatic heterocycles. The van der Waals surface area contributed by atoms with E-state index in [1.165, 1.54) is 55.3 Å². The van der Waals surface area contributed by atoms with Crippen molar-refractivity contribution >= 4 is 0 Å². The first-order valence-electron chi connectivity index (χ1n) is 8.21. The fourth-order valence-corrected chi connectivity index (χ4v) is 4.37. The third-order valence-corrected chi connectivity index (χ3v) is 5.21. The maximum Gasteiger partial charge on any atom is 0.0424 e. The highest BCUT2D eigenvalue weighted by molar-refractivity contribution is 5.30. The van der Waals surface area contributed by atoms with Gasteiger partial charge in [0.2, 0.25) is 0 Å². The Morgan fingerprint density at radius 1 is 1.10 bits per heavy atom. The van der Waals surface area contributed by atoms with Crippen LogP contribution in [0.4, 0.5) is 0 Å². The SMILES string of the molecule is Cc1cc(C)cc(C(N)CN2CCCC3CCCC32)c1. The molecule has 2 nitrogen and oxygen atoms in total. The first kappa shape index (κ1) is 14.1. The molecule has 110 valence electrons. The van der Waals surface area contributed by atoms with Gasteiger partial charge >= 0.3 is 0 Å². The van der Waals surface area contributed by atoms with E-state index < -0.39 is 0 Å². The molecule has 1 aliphatic heterocycles. The van der Waals surface area contributed by atoms with Gasteiger partial charge in [-0.05, 0) is 57.6 Å². The smallest absolute Gasteiger partial charge is 0.0424 e. The summed E-state index contributed by atoms with van der Waals surface area (Å²) in [4.78, 5) is 2.68. The van der Waals surface area contributed by atoms with Gasteiger partial charge in [0.15, 0.2) is 0 Å². The van der Waals surface area contributed by atoms with E-state index in [-0.39, 0.29) is 6.04 Å². The van der Waals surface area contributed by atoms with Crippen LogP contribution in [0.5, 0.6) is 0 Å². The summed E-state index contributed by atoms with van der Waals surface area (Å²) >= 11 is 0. The predicted octanol–water partition coefficient (Wildman–Crippen LogP) is 3.57. The second-order valence-electron chi connectivity index (χ2n) is 6.92. The molecular weight excluding hydrogens is 244 g/mol. The average Bonchev–Trinajstić information content (AvgIpc) is 2.87. The Morgan fingerprint density at radius 2 is 1.80 bits per heavy atom. The van der Waals surface area contributed by atoms with Crippen LogP contribution in [0.2, 0.25) is 0 Å². The van der Waals surface area contributed by atoms with Gasteiger partial charge in [0, 0.05) is 18.6 Å². The number of piperidine rings is 1. The molecule has 20 heavy (non-hydrogen) atoms. The number of benzene rings is 1. The van der Waals surface area contributed by atoms with Crippen molar-refractivity contribution in [2.24, 2.45) is 11.7 Å². The molecule has 1 aromatic rings. The molecule has 2 N–H and O–H groups in total. The molecule has 0 amide bonds. The number of nitrogens with two attached hydrogens (primary N) is 1. The van der Waals surface area contributed by atoms with Gasteiger partial charge in [0.25, 0.3) is 0 Å². The van der Waals surface area contributed by atoms with E-state index in [4.69, 9.17) is 5.73 Å². The van der Waals surface area contributed by atoms with Crippen LogP contribution in [0.3, 0.4) is 0 Å². The van der Waals surface area contributed by atoms with E-state index in [0.717, 1.165) is 18.5 Å². The van der Waals surface area contributed by atoms with Crippen LogP contribution in [0, 0.1) is 19.8 Å². The molecule has 0 radical (unpaired) electrons. The molecule has 3 atom stereocenters. The zero-order chi connectivity index (χ0) is 14.1. The maximum absolute atomic E-state index is 6.50. The van der Waals surface area contributed by atoms with Crippen molar-refractivity contribution in [2.75, 3.05) is 13.1 Å². The highest BCUT2D eigenvalue weighted by Gasteiger charge is 2.35. The molecule has 2 heteroatoms. The molecule has 1 heterocycles. The molecule has 1 aromatic carbocycles. The zero-order valence-electron chi connectivity index (χ0n) is 12.9. The highest BCUT2D eigenvalue weighted by Crippen LogP contribution is 2.37. The summed E-state index contributed by atoms with van der Waals surface area (Å²) in [5.74, 6) is 0.954. The maximum atomic E-state index is 6.50. The van der Waals surface area contributed by atoms with Crippen LogP contribution >= 0.6 is 0 Å². The van der Waals surface area contributed by atoms with Crippen LogP contribution in [0.15, 0.2) is 18.2 Å². The van der Waals surface area contributed by atoms with Crippen molar-refractivity contribution in [3.8, 4) is 0 Å². The number of fused-ring (bicyclic) bond motifs is 1. The minimum Gasteiger partial charge on any atom is -0.323 e. The van der Waals surface area contributed by atoms with Crippen LogP contribution in [0.25, 0.3) is 0 Å². The third-order valence-electron chi connectivity index (χ3n) is 5.21. The number of likely N-dealkylation sites (tertiary alicyclic amines) is 1. The van der Waals surface area contributed by atoms with Gasteiger partial charge in [-0.1, -0.05) is 35.7 Å². The molecule has 2 fully saturated rings. The van der Waals surface area contributed by atoms with E-state index in [9.17, 15) is 0 Å². The summed E-state index contributed by atoms with van der Waals surface area (Å²) in [5.41, 5.74) is 10.5. The molecule has 2 aliphatic rings. The van der Waals surface area contributed by atoms with Crippen molar-refractivity contribution in [2.45, 2.75) is 58.0 Å². The Morgan fingerprint density at radius 3 is 2.55 bits per heavy atom. The first-order valence-corrected chi connectivity index (χ1v) is 8.21. The van der Waals surface area contributed by atoms with E-state index in [1.54, 1.807) is 0 Å². The molecule has 1 aliphatic carbocycles. The fraction of sp³-hybridized carbons (Fsp3) is 0.667. The van der Waals surface area contributed by atoms with Crippen LogP contribution in [-0.4, -0.2) is 24.0 Å². The predicted molar refractivity (Wildman–Crippen MR) is 84.8 cm³/mol. The Kier molecular flexibility index (Phi) is 4.13. The Hall–Kier alpha value is -0.860. The fourth-order valence-electron chi connectivity index (χ4n) is 4.37. The molecule has 0 spiro atoms. The third kappa shape index (κ3) is 2.91. The minimum absolute atomic E-state index is 0.160. The summed E-state index contributed by atoms with van der Waals surface area (Å²) < 4.78 is 0. The molecule has 3 unspecified atom stereocenters. The topological polar surface area (TPSA) is 29.3 Å². The lowest BCUT2D eigenvalue weighted by Gasteiger charge is -2.39. The van der Waals surface area contributed by atoms with Crippen molar-refractivity contribution in [3.63, 3.8) is 0 Å². The molecule has 0 bridgehead atoms. The lowest BCUT2D eigenvalue weighted by atomic mass is 9.91. The molecule has 1 saturated heterocycles. The van der Waals surface area contributed by atoms with Crippen LogP contribution < -0.4 is 5.73 Å². The van der Waals surface area contributed by atoms with Crippen LogP contribution in [-0.2, 0) is 0 Å². The molecule has 1 saturated carbocycles. The largest absolute Gasteiger partial charge is 0.323 e. The summed E-state index contributed by atoms with van der Waals surface area (Å²) in [5, 5.41) is 0. The molecular formula is C18H28N2. The average molecular weight is 272 g/mol. The second kappa shape index (κ2) is 5.87. The van der Waals surface area contributed by atoms with Gasteiger partial charge in [-0.2, -0.15) is 0 Å². The summed E-state index contributed by atoms with van der Waals surface area (Å²) in [6.45, 7) is 6.61. The van der Waals surface area contributed by atoms with Gasteiger partial charge in [0.1, 0.15) is 0 Å². The van der Waals surface area contributed by atoms with E-state index in [1.807, 2.05) is 0 Å². The van der Waals surface area contributed by atoms with Gasteiger partial charge in [-0.3, -0.25) is 4.90 Å². The van der Waals surface area contributed by atoms with E-state index >= 15 is 0 Å². The van der Waals surface area contributed by atoms with Gasteiger partial charge in [-0.25, -0.2) is 0 Å². The van der Waals surface area contributed by atoms with Gasteiger partial charge in [-0.15, -0.1) is 0 Å². The number of aryl methyl sites for hydroxylation is 2. The van der Waals surface area contributed by atoms with E-state index in [0.29, 0.717) is 0 Å². The highest BCUT2D eigenvalue weighted by atomic mass is 15.2. The normalized spacial score (nSPS) is 28.4. The monoisotopic (exact) mass is 272 g/mol. The number of rotatable bonds is 3. The van der Waals surface area contributed by atoms with Gasteiger partial charge in [0.05, 0.1) is 0 Å². The van der Waals surface area contributed by atoms with Crippen molar-refractivity contribution in [1.82, 2.24) is 4.90 Å². The first-order chi connectivity index (χ1) is 9.63.